The number of aromatic nitrogens is 1. The van der Waals surface area contributed by atoms with Crippen molar-refractivity contribution < 1.29 is 28.7 Å². The van der Waals surface area contributed by atoms with Gasteiger partial charge in [-0.3, -0.25) is 4.79 Å². The number of aryl methyl sites for hydroxylation is 4. The molecular formula is C34H38N2O6. The van der Waals surface area contributed by atoms with E-state index in [4.69, 9.17) is 14.0 Å². The molecule has 2 unspecified atom stereocenters. The van der Waals surface area contributed by atoms with Gasteiger partial charge < -0.3 is 24.4 Å². The van der Waals surface area contributed by atoms with Crippen LogP contribution in [0.4, 0.5) is 0 Å². The fraction of sp³-hybridized carbons (Fsp3) is 0.324. The first-order valence-electron chi connectivity index (χ1n) is 13.9. The van der Waals surface area contributed by atoms with Gasteiger partial charge in [-0.25, -0.2) is 4.79 Å². The molecule has 0 fully saturated rings. The Morgan fingerprint density at radius 1 is 0.976 bits per heavy atom. The van der Waals surface area contributed by atoms with Crippen molar-refractivity contribution in [2.75, 3.05) is 6.61 Å². The zero-order valence-electron chi connectivity index (χ0n) is 24.9. The Bertz CT molecular complexity index is 1510. The van der Waals surface area contributed by atoms with E-state index in [0.29, 0.717) is 22.8 Å². The predicted molar refractivity (Wildman–Crippen MR) is 160 cm³/mol. The largest absolute Gasteiger partial charge is 0.491 e. The van der Waals surface area contributed by atoms with Gasteiger partial charge in [-0.2, -0.15) is 0 Å². The molecule has 0 saturated heterocycles. The maximum atomic E-state index is 13.2. The van der Waals surface area contributed by atoms with Crippen molar-refractivity contribution in [2.45, 2.75) is 65.7 Å². The molecule has 0 spiro atoms. The second kappa shape index (κ2) is 13.0. The number of aliphatic carboxylic acids is 1. The number of ether oxygens (including phenoxy) is 2. The summed E-state index contributed by atoms with van der Waals surface area (Å²) in [6.45, 7) is 10.7. The third-order valence-electron chi connectivity index (χ3n) is 7.23. The van der Waals surface area contributed by atoms with E-state index in [2.05, 4.69) is 42.5 Å². The summed E-state index contributed by atoms with van der Waals surface area (Å²) in [5, 5.41) is 16.8. The molecule has 1 heterocycles. The van der Waals surface area contributed by atoms with Gasteiger partial charge in [0.1, 0.15) is 24.2 Å². The minimum atomic E-state index is -1.45. The Labute approximate surface area is 246 Å². The highest BCUT2D eigenvalue weighted by Gasteiger charge is 2.35. The zero-order valence-corrected chi connectivity index (χ0v) is 24.9. The van der Waals surface area contributed by atoms with E-state index in [-0.39, 0.29) is 25.0 Å². The summed E-state index contributed by atoms with van der Waals surface area (Å²) >= 11 is 0. The molecule has 0 aliphatic heterocycles. The lowest BCUT2D eigenvalue weighted by Crippen LogP contribution is -2.37. The summed E-state index contributed by atoms with van der Waals surface area (Å²) in [5.41, 5.74) is 5.03. The van der Waals surface area contributed by atoms with E-state index in [9.17, 15) is 14.7 Å². The van der Waals surface area contributed by atoms with Gasteiger partial charge in [0, 0.05) is 5.56 Å². The van der Waals surface area contributed by atoms with Gasteiger partial charge in [-0.05, 0) is 75.9 Å². The summed E-state index contributed by atoms with van der Waals surface area (Å²) < 4.78 is 17.2. The minimum absolute atomic E-state index is 0.0497. The number of carbonyl (C=O) groups is 2. The van der Waals surface area contributed by atoms with Crippen molar-refractivity contribution in [3.8, 4) is 5.75 Å². The number of carbonyl (C=O) groups excluding carboxylic acids is 1. The summed E-state index contributed by atoms with van der Waals surface area (Å²) in [4.78, 5) is 24.9. The number of hydrogen-bond donors (Lipinski definition) is 2. The van der Waals surface area contributed by atoms with Crippen LogP contribution in [0.5, 0.6) is 5.75 Å². The second-order valence-electron chi connectivity index (χ2n) is 11.1. The Balaban J connectivity index is 1.44. The van der Waals surface area contributed by atoms with E-state index in [1.54, 1.807) is 26.0 Å². The summed E-state index contributed by atoms with van der Waals surface area (Å²) in [7, 11) is 0. The highest BCUT2D eigenvalue weighted by Crippen LogP contribution is 2.31. The van der Waals surface area contributed by atoms with Crippen LogP contribution in [0.3, 0.4) is 0 Å². The van der Waals surface area contributed by atoms with Crippen LogP contribution < -0.4 is 10.1 Å². The number of amides is 1. The highest BCUT2D eigenvalue weighted by molar-refractivity contribution is 5.79. The molecule has 220 valence electrons. The van der Waals surface area contributed by atoms with Gasteiger partial charge in [0.15, 0.2) is 5.60 Å². The first kappa shape index (κ1) is 30.5. The molecule has 42 heavy (non-hydrogen) atoms. The molecular weight excluding hydrogens is 532 g/mol. The van der Waals surface area contributed by atoms with Crippen molar-refractivity contribution in [3.05, 3.63) is 118 Å². The van der Waals surface area contributed by atoms with Crippen LogP contribution in [0.1, 0.15) is 70.8 Å². The number of nitrogens with one attached hydrogen (secondary N) is 1. The van der Waals surface area contributed by atoms with E-state index in [0.717, 1.165) is 22.3 Å². The highest BCUT2D eigenvalue weighted by atomic mass is 16.6. The maximum absolute atomic E-state index is 13.2. The van der Waals surface area contributed by atoms with E-state index < -0.39 is 17.7 Å². The number of rotatable bonds is 12. The average Bonchev–Trinajstić information content (AvgIpc) is 3.28. The lowest BCUT2D eigenvalue weighted by atomic mass is 9.93. The number of carboxylic acids is 1. The van der Waals surface area contributed by atoms with Crippen LogP contribution in [0.15, 0.2) is 77.3 Å². The van der Waals surface area contributed by atoms with Gasteiger partial charge in [-0.1, -0.05) is 71.4 Å². The molecule has 4 aromatic rings. The van der Waals surface area contributed by atoms with Crippen LogP contribution in [0.25, 0.3) is 0 Å². The third kappa shape index (κ3) is 7.44. The molecule has 8 heteroatoms. The fourth-order valence-electron chi connectivity index (χ4n) is 4.94. The van der Waals surface area contributed by atoms with Crippen molar-refractivity contribution in [3.63, 3.8) is 0 Å². The molecule has 2 N–H and O–H groups in total. The number of nitrogens with zero attached hydrogens (tertiary/aromatic N) is 1. The average molecular weight is 571 g/mol. The van der Waals surface area contributed by atoms with Crippen LogP contribution >= 0.6 is 0 Å². The molecule has 8 nitrogen and oxygen atoms in total. The minimum Gasteiger partial charge on any atom is -0.491 e. The monoisotopic (exact) mass is 570 g/mol. The Hall–Kier alpha value is -4.43. The normalized spacial score (nSPS) is 12.9. The first-order valence-corrected chi connectivity index (χ1v) is 13.9. The molecule has 0 bridgehead atoms. The first-order chi connectivity index (χ1) is 19.9. The number of carboxylic acid groups (broad SMARTS) is 1. The summed E-state index contributed by atoms with van der Waals surface area (Å²) in [6.07, 6.45) is -0.514. The van der Waals surface area contributed by atoms with Crippen molar-refractivity contribution >= 4 is 11.9 Å². The SMILES string of the molecule is Cc1ccc(C(NC(=O)Cc2ccc(OCC(OC(C)(C)C(=O)O)c3c(C)noc3C)cc2)c2ccccc2)c(C)c1. The van der Waals surface area contributed by atoms with E-state index >= 15 is 0 Å². The van der Waals surface area contributed by atoms with Crippen LogP contribution in [0.2, 0.25) is 0 Å². The molecule has 0 saturated carbocycles. The van der Waals surface area contributed by atoms with Crippen LogP contribution in [0, 0.1) is 27.7 Å². The van der Waals surface area contributed by atoms with Gasteiger partial charge >= 0.3 is 5.97 Å². The smallest absolute Gasteiger partial charge is 0.335 e. The Kier molecular flexibility index (Phi) is 9.48. The third-order valence-corrected chi connectivity index (χ3v) is 7.23. The molecule has 1 amide bonds. The molecule has 4 rings (SSSR count). The molecule has 0 aliphatic rings. The lowest BCUT2D eigenvalue weighted by Gasteiger charge is -2.27. The van der Waals surface area contributed by atoms with Crippen molar-refractivity contribution in [2.24, 2.45) is 0 Å². The van der Waals surface area contributed by atoms with E-state index in [1.165, 1.54) is 19.4 Å². The van der Waals surface area contributed by atoms with Crippen LogP contribution in [-0.4, -0.2) is 34.3 Å². The molecule has 3 aromatic carbocycles. The Morgan fingerprint density at radius 3 is 2.26 bits per heavy atom. The second-order valence-corrected chi connectivity index (χ2v) is 11.1. The molecule has 2 atom stereocenters. The number of hydrogen-bond acceptors (Lipinski definition) is 6. The topological polar surface area (TPSA) is 111 Å². The summed E-state index contributed by atoms with van der Waals surface area (Å²) in [5.74, 6) is -0.0856. The standard InChI is InChI=1S/C34H38N2O6/c1-21-12-17-28(22(2)18-21)32(26-10-8-7-9-11-26)35-30(37)19-25-13-15-27(16-14-25)40-20-29(41-34(5,6)33(38)39)31-23(3)36-42-24(31)4/h7-18,29,32H,19-20H2,1-6H3,(H,35,37)(H,38,39). The van der Waals surface area contributed by atoms with Gasteiger partial charge in [-0.15, -0.1) is 0 Å². The molecule has 0 radical (unpaired) electrons. The number of benzene rings is 3. The molecule has 0 aliphatic carbocycles. The van der Waals surface area contributed by atoms with Gasteiger partial charge in [0.2, 0.25) is 5.91 Å². The molecule has 1 aromatic heterocycles. The van der Waals surface area contributed by atoms with Crippen LogP contribution in [-0.2, 0) is 20.7 Å². The maximum Gasteiger partial charge on any atom is 0.335 e. The fourth-order valence-corrected chi connectivity index (χ4v) is 4.94. The van der Waals surface area contributed by atoms with Crippen molar-refractivity contribution in [1.29, 1.82) is 0 Å². The quantitative estimate of drug-likeness (QED) is 0.204. The predicted octanol–water partition coefficient (Wildman–Crippen LogP) is 6.36. The zero-order chi connectivity index (χ0) is 30.4. The van der Waals surface area contributed by atoms with Gasteiger partial charge in [0.25, 0.3) is 0 Å². The van der Waals surface area contributed by atoms with E-state index in [1.807, 2.05) is 42.5 Å². The van der Waals surface area contributed by atoms with Crippen molar-refractivity contribution in [1.82, 2.24) is 10.5 Å². The Morgan fingerprint density at radius 2 is 1.67 bits per heavy atom. The summed E-state index contributed by atoms with van der Waals surface area (Å²) in [6, 6.07) is 23.2. The van der Waals surface area contributed by atoms with Gasteiger partial charge in [0.05, 0.1) is 18.2 Å². The lowest BCUT2D eigenvalue weighted by molar-refractivity contribution is -0.170.